The zero-order valence-electron chi connectivity index (χ0n) is 12.9. The number of carbonyl (C=O) groups is 1. The fraction of sp³-hybridized carbons (Fsp3) is 0.647. The predicted octanol–water partition coefficient (Wildman–Crippen LogP) is 2.27. The number of rotatable bonds is 1. The van der Waals surface area contributed by atoms with Crippen molar-refractivity contribution in [2.24, 2.45) is 16.8 Å². The van der Waals surface area contributed by atoms with Crippen molar-refractivity contribution in [3.05, 3.63) is 24.4 Å². The van der Waals surface area contributed by atoms with Gasteiger partial charge in [-0.2, -0.15) is 0 Å². The van der Waals surface area contributed by atoms with E-state index in [1.165, 1.54) is 5.71 Å². The lowest BCUT2D eigenvalue weighted by Crippen LogP contribution is -2.49. The van der Waals surface area contributed by atoms with E-state index in [9.17, 15) is 4.79 Å². The van der Waals surface area contributed by atoms with E-state index in [0.717, 1.165) is 25.9 Å². The highest BCUT2D eigenvalue weighted by Crippen LogP contribution is 2.57. The minimum absolute atomic E-state index is 0.0233. The molecule has 3 aliphatic heterocycles. The summed E-state index contributed by atoms with van der Waals surface area (Å²) < 4.78 is 5.41. The molecule has 1 aliphatic carbocycles. The number of amides is 1. The Balaban J connectivity index is 1.64. The minimum Gasteiger partial charge on any atom is -0.378 e. The van der Waals surface area contributed by atoms with Gasteiger partial charge in [-0.05, 0) is 6.42 Å². The molecule has 1 spiro atoms. The van der Waals surface area contributed by atoms with Gasteiger partial charge in [-0.15, -0.1) is 11.8 Å². The number of thioether (sulfide) groups is 1. The smallest absolute Gasteiger partial charge is 0.227 e. The van der Waals surface area contributed by atoms with Gasteiger partial charge in [-0.25, -0.2) is 0 Å². The first kappa shape index (κ1) is 14.5. The van der Waals surface area contributed by atoms with Crippen molar-refractivity contribution in [1.29, 1.82) is 0 Å². The van der Waals surface area contributed by atoms with Gasteiger partial charge in [0.2, 0.25) is 5.91 Å². The van der Waals surface area contributed by atoms with Gasteiger partial charge in [0.1, 0.15) is 0 Å². The Morgan fingerprint density at radius 3 is 3.05 bits per heavy atom. The van der Waals surface area contributed by atoms with Crippen molar-refractivity contribution >= 4 is 23.4 Å². The second kappa shape index (κ2) is 5.53. The fourth-order valence-corrected chi connectivity index (χ4v) is 6.21. The summed E-state index contributed by atoms with van der Waals surface area (Å²) in [6, 6.07) is 0. The average Bonchev–Trinajstić information content (AvgIpc) is 2.85. The molecule has 22 heavy (non-hydrogen) atoms. The van der Waals surface area contributed by atoms with Crippen LogP contribution in [0.3, 0.4) is 0 Å². The molecule has 0 saturated carbocycles. The molecule has 4 unspecified atom stereocenters. The third kappa shape index (κ3) is 2.09. The first-order valence-corrected chi connectivity index (χ1v) is 9.03. The topological polar surface area (TPSA) is 41.9 Å². The summed E-state index contributed by atoms with van der Waals surface area (Å²) in [5.74, 6) is 0.655. The van der Waals surface area contributed by atoms with Crippen LogP contribution in [0, 0.1) is 11.8 Å². The molecule has 0 radical (unpaired) electrons. The molecule has 2 fully saturated rings. The Bertz CT molecular complexity index is 565. The summed E-state index contributed by atoms with van der Waals surface area (Å²) in [5.41, 5.74) is 1.26. The maximum absolute atomic E-state index is 13.1. The minimum atomic E-state index is 0.0233. The van der Waals surface area contributed by atoms with Crippen LogP contribution in [0.5, 0.6) is 0 Å². The largest absolute Gasteiger partial charge is 0.378 e. The van der Waals surface area contributed by atoms with Crippen molar-refractivity contribution < 1.29 is 9.53 Å². The Hall–Kier alpha value is -1.07. The van der Waals surface area contributed by atoms with Gasteiger partial charge >= 0.3 is 0 Å². The standard InChI is InChI=1S/C17H22N2O2S/c1-12-15(16(20)19-8-10-21-11-9-19)13-5-7-18-14-4-2-3-6-17(13,14)22-12/h2-3,5,7,12-13,15H,4,6,8-11H2,1H3. The van der Waals surface area contributed by atoms with E-state index >= 15 is 0 Å². The van der Waals surface area contributed by atoms with Crippen LogP contribution in [0.1, 0.15) is 19.8 Å². The molecule has 2 saturated heterocycles. The summed E-state index contributed by atoms with van der Waals surface area (Å²) >= 11 is 1.97. The highest BCUT2D eigenvalue weighted by Gasteiger charge is 2.57. The first-order valence-electron chi connectivity index (χ1n) is 8.15. The first-order chi connectivity index (χ1) is 10.7. The third-order valence-electron chi connectivity index (χ3n) is 5.35. The molecule has 3 heterocycles. The van der Waals surface area contributed by atoms with E-state index in [4.69, 9.17) is 4.74 Å². The van der Waals surface area contributed by atoms with E-state index in [-0.39, 0.29) is 16.6 Å². The van der Waals surface area contributed by atoms with Crippen LogP contribution in [0.4, 0.5) is 0 Å². The van der Waals surface area contributed by atoms with Crippen LogP contribution >= 0.6 is 11.8 Å². The average molecular weight is 318 g/mol. The van der Waals surface area contributed by atoms with Crippen LogP contribution in [-0.2, 0) is 9.53 Å². The van der Waals surface area contributed by atoms with Crippen molar-refractivity contribution in [3.8, 4) is 0 Å². The molecule has 1 amide bonds. The van der Waals surface area contributed by atoms with E-state index in [1.807, 2.05) is 22.9 Å². The van der Waals surface area contributed by atoms with Crippen molar-refractivity contribution in [3.63, 3.8) is 0 Å². The second-order valence-electron chi connectivity index (χ2n) is 6.50. The number of carbonyl (C=O) groups excluding carboxylic acids is 1. The maximum Gasteiger partial charge on any atom is 0.227 e. The Labute approximate surface area is 135 Å². The molecule has 4 atom stereocenters. The van der Waals surface area contributed by atoms with Gasteiger partial charge in [0.25, 0.3) is 0 Å². The van der Waals surface area contributed by atoms with Gasteiger partial charge in [-0.3, -0.25) is 9.79 Å². The van der Waals surface area contributed by atoms with E-state index < -0.39 is 0 Å². The van der Waals surface area contributed by atoms with Crippen molar-refractivity contribution in [2.45, 2.75) is 29.8 Å². The van der Waals surface area contributed by atoms with Gasteiger partial charge in [-0.1, -0.05) is 25.2 Å². The number of aliphatic imine (C=N–C) groups is 1. The van der Waals surface area contributed by atoms with Gasteiger partial charge in [0.05, 0.1) is 23.9 Å². The second-order valence-corrected chi connectivity index (χ2v) is 8.21. The van der Waals surface area contributed by atoms with Crippen LogP contribution < -0.4 is 0 Å². The van der Waals surface area contributed by atoms with Crippen LogP contribution in [0.25, 0.3) is 0 Å². The molecule has 4 nitrogen and oxygen atoms in total. The van der Waals surface area contributed by atoms with Crippen molar-refractivity contribution in [2.75, 3.05) is 26.3 Å². The Morgan fingerprint density at radius 2 is 2.23 bits per heavy atom. The lowest BCUT2D eigenvalue weighted by molar-refractivity contribution is -0.140. The summed E-state index contributed by atoms with van der Waals surface area (Å²) in [7, 11) is 0. The summed E-state index contributed by atoms with van der Waals surface area (Å²) in [4.78, 5) is 19.7. The summed E-state index contributed by atoms with van der Waals surface area (Å²) in [6.07, 6.45) is 10.5. The Kier molecular flexibility index (Phi) is 3.65. The fourth-order valence-electron chi connectivity index (χ4n) is 4.27. The van der Waals surface area contributed by atoms with E-state index in [0.29, 0.717) is 24.4 Å². The number of allylic oxidation sites excluding steroid dienone is 3. The molecule has 5 heteroatoms. The normalized spacial score (nSPS) is 40.1. The van der Waals surface area contributed by atoms with Gasteiger partial charge in [0, 0.05) is 42.6 Å². The molecule has 0 bridgehead atoms. The van der Waals surface area contributed by atoms with Gasteiger partial charge in [0.15, 0.2) is 0 Å². The number of hydrogen-bond donors (Lipinski definition) is 0. The molecule has 118 valence electrons. The third-order valence-corrected chi connectivity index (χ3v) is 7.11. The Morgan fingerprint density at radius 1 is 1.41 bits per heavy atom. The van der Waals surface area contributed by atoms with Crippen molar-refractivity contribution in [1.82, 2.24) is 4.90 Å². The maximum atomic E-state index is 13.1. The van der Waals surface area contributed by atoms with Crippen LogP contribution in [0.2, 0.25) is 0 Å². The number of nitrogens with zero attached hydrogens (tertiary/aromatic N) is 2. The van der Waals surface area contributed by atoms with Gasteiger partial charge < -0.3 is 9.64 Å². The van der Waals surface area contributed by atoms with E-state index in [2.05, 4.69) is 30.1 Å². The molecule has 0 aromatic rings. The number of hydrogen-bond acceptors (Lipinski definition) is 4. The quantitative estimate of drug-likeness (QED) is 0.697. The predicted molar refractivity (Wildman–Crippen MR) is 89.1 cm³/mol. The molecule has 0 aromatic carbocycles. The lowest BCUT2D eigenvalue weighted by atomic mass is 9.72. The summed E-state index contributed by atoms with van der Waals surface area (Å²) in [6.45, 7) is 5.01. The van der Waals surface area contributed by atoms with Crippen LogP contribution in [-0.4, -0.2) is 52.8 Å². The molecule has 4 aliphatic rings. The number of ether oxygens (including phenoxy) is 1. The number of morpholine rings is 1. The SMILES string of the molecule is CC1SC23CC=CCC2=NC=CC3C1C(=O)N1CCOCC1. The zero-order chi connectivity index (χ0) is 15.2. The molecule has 0 N–H and O–H groups in total. The molecular weight excluding hydrogens is 296 g/mol. The highest BCUT2D eigenvalue weighted by molar-refractivity contribution is 8.02. The zero-order valence-corrected chi connectivity index (χ0v) is 13.7. The van der Waals surface area contributed by atoms with E-state index in [1.54, 1.807) is 0 Å². The van der Waals surface area contributed by atoms with Crippen LogP contribution in [0.15, 0.2) is 29.4 Å². The molecule has 4 rings (SSSR count). The monoisotopic (exact) mass is 318 g/mol. The molecule has 0 aromatic heterocycles. The highest BCUT2D eigenvalue weighted by atomic mass is 32.2. The lowest BCUT2D eigenvalue weighted by Gasteiger charge is -2.39. The summed E-state index contributed by atoms with van der Waals surface area (Å²) in [5, 5.41) is 0.333. The molecular formula is C17H22N2O2S.